The molecule has 0 bridgehead atoms. The molecule has 1 saturated heterocycles. The number of ether oxygens (including phenoxy) is 1. The topological polar surface area (TPSA) is 163 Å². The molecule has 0 saturated carbocycles. The van der Waals surface area contributed by atoms with Gasteiger partial charge in [-0.25, -0.2) is 9.18 Å². The number of benzene rings is 1. The van der Waals surface area contributed by atoms with E-state index >= 15 is 0 Å². The minimum absolute atomic E-state index is 0.212. The number of nitrogens with two attached hydrogens (primary N) is 2. The number of carbonyl (C=O) groups is 2. The second-order valence-electron chi connectivity index (χ2n) is 7.47. The smallest absolute Gasteiger partial charge is 0.353 e. The van der Waals surface area contributed by atoms with E-state index in [-0.39, 0.29) is 12.8 Å². The first-order valence-electron chi connectivity index (χ1n) is 9.62. The second-order valence-corrected chi connectivity index (χ2v) is 7.47. The van der Waals surface area contributed by atoms with Crippen LogP contribution in [0.15, 0.2) is 41.3 Å². The number of amides is 1. The van der Waals surface area contributed by atoms with Crippen LogP contribution in [-0.4, -0.2) is 45.1 Å². The largest absolute Gasteiger partial charge is 0.394 e. The summed E-state index contributed by atoms with van der Waals surface area (Å²) in [6, 6.07) is 8.15. The van der Waals surface area contributed by atoms with Crippen molar-refractivity contribution < 1.29 is 23.8 Å². The van der Waals surface area contributed by atoms with Gasteiger partial charge in [0, 0.05) is 13.3 Å². The Morgan fingerprint density at radius 2 is 2.10 bits per heavy atom. The zero-order valence-electron chi connectivity index (χ0n) is 16.8. The van der Waals surface area contributed by atoms with E-state index in [9.17, 15) is 23.9 Å². The number of nitrogens with zero attached hydrogens (tertiary/aromatic N) is 2. The molecule has 0 aliphatic carbocycles. The van der Waals surface area contributed by atoms with Crippen LogP contribution in [0.25, 0.3) is 0 Å². The predicted octanol–water partition coefficient (Wildman–Crippen LogP) is -0.752. The molecule has 31 heavy (non-hydrogen) atoms. The average molecular weight is 433 g/mol. The monoisotopic (exact) mass is 433 g/mol. The fourth-order valence-electron chi connectivity index (χ4n) is 3.73. The summed E-state index contributed by atoms with van der Waals surface area (Å²) in [7, 11) is 0. The van der Waals surface area contributed by atoms with Crippen molar-refractivity contribution in [2.45, 2.75) is 37.8 Å². The lowest BCUT2D eigenvalue weighted by Crippen LogP contribution is -2.50. The van der Waals surface area contributed by atoms with Crippen LogP contribution in [0.4, 0.5) is 10.2 Å². The Morgan fingerprint density at radius 3 is 2.71 bits per heavy atom. The zero-order valence-corrected chi connectivity index (χ0v) is 16.8. The number of hydrogen-bond donors (Lipinski definition) is 4. The molecule has 10 nitrogen and oxygen atoms in total. The highest BCUT2D eigenvalue weighted by atomic mass is 19.1. The maximum atomic E-state index is 13.9. The van der Waals surface area contributed by atoms with Gasteiger partial charge in [0.1, 0.15) is 0 Å². The number of Topliss-reactive ketones (excluding diaryl/α,β-unsaturated/α-hetero) is 1. The van der Waals surface area contributed by atoms with Crippen LogP contribution in [0.1, 0.15) is 18.9 Å². The van der Waals surface area contributed by atoms with Gasteiger partial charge in [-0.3, -0.25) is 19.9 Å². The molecule has 6 N–H and O–H groups in total. The van der Waals surface area contributed by atoms with Crippen molar-refractivity contribution in [3.05, 3.63) is 58.4 Å². The predicted molar refractivity (Wildman–Crippen MR) is 108 cm³/mol. The standard InChI is InChI=1S/C20H24FN5O5/c1-11(28)24-15(7-12-5-3-2-4-6-12)17(29)13-8-20(23,31-16(13)10-27)26-9-14(21)18(22)25-19(26)30/h2-6,9,13,15-16,27H,7-8,10,23H2,1H3,(H,24,28)(H2,22,25,30)/t13-,15-,16+,20-/m0/s1. The molecule has 1 aliphatic rings. The molecule has 1 aromatic heterocycles. The van der Waals surface area contributed by atoms with Crippen molar-refractivity contribution >= 4 is 17.5 Å². The van der Waals surface area contributed by atoms with Crippen LogP contribution < -0.4 is 22.5 Å². The van der Waals surface area contributed by atoms with E-state index in [2.05, 4.69) is 10.3 Å². The molecule has 166 valence electrons. The van der Waals surface area contributed by atoms with Crippen LogP contribution in [-0.2, 0) is 26.6 Å². The van der Waals surface area contributed by atoms with Crippen molar-refractivity contribution in [1.29, 1.82) is 0 Å². The quantitative estimate of drug-likeness (QED) is 0.443. The van der Waals surface area contributed by atoms with E-state index in [1.165, 1.54) is 6.92 Å². The van der Waals surface area contributed by atoms with Gasteiger partial charge in [0.15, 0.2) is 17.4 Å². The fourth-order valence-corrected chi connectivity index (χ4v) is 3.73. The van der Waals surface area contributed by atoms with Gasteiger partial charge in [0.05, 0.1) is 30.9 Å². The molecule has 1 amide bonds. The van der Waals surface area contributed by atoms with Crippen molar-refractivity contribution in [1.82, 2.24) is 14.9 Å². The van der Waals surface area contributed by atoms with Crippen molar-refractivity contribution in [3.8, 4) is 0 Å². The summed E-state index contributed by atoms with van der Waals surface area (Å²) in [4.78, 5) is 40.6. The SMILES string of the molecule is CC(=O)N[C@@H](Cc1ccccc1)C(=O)[C@H]1C[C@](N)(n2cc(F)c(N)nc2=O)O[C@@H]1CO. The van der Waals surface area contributed by atoms with E-state index in [1.54, 1.807) is 12.1 Å². The van der Waals surface area contributed by atoms with Crippen LogP contribution >= 0.6 is 0 Å². The van der Waals surface area contributed by atoms with Crippen molar-refractivity contribution in [3.63, 3.8) is 0 Å². The van der Waals surface area contributed by atoms with Gasteiger partial charge in [-0.1, -0.05) is 30.3 Å². The molecule has 4 atom stereocenters. The third kappa shape index (κ3) is 4.79. The Labute approximate surface area is 177 Å². The first kappa shape index (κ1) is 22.5. The molecule has 2 aromatic rings. The molecule has 2 heterocycles. The summed E-state index contributed by atoms with van der Waals surface area (Å²) in [6.07, 6.45) is -0.352. The van der Waals surface area contributed by atoms with Gasteiger partial charge in [0.2, 0.25) is 11.8 Å². The molecule has 3 rings (SSSR count). The number of nitrogen functional groups attached to an aromatic ring is 1. The normalized spacial score (nSPS) is 24.0. The molecule has 0 radical (unpaired) electrons. The maximum absolute atomic E-state index is 13.9. The van der Waals surface area contributed by atoms with Crippen molar-refractivity contribution in [2.75, 3.05) is 12.3 Å². The lowest BCUT2D eigenvalue weighted by atomic mass is 9.88. The number of aliphatic hydroxyl groups excluding tert-OH is 1. The lowest BCUT2D eigenvalue weighted by Gasteiger charge is -2.26. The number of hydrogen-bond acceptors (Lipinski definition) is 8. The number of halogens is 1. The zero-order chi connectivity index (χ0) is 22.8. The Kier molecular flexibility index (Phi) is 6.48. The van der Waals surface area contributed by atoms with Gasteiger partial charge in [-0.15, -0.1) is 0 Å². The van der Waals surface area contributed by atoms with E-state index in [4.69, 9.17) is 16.2 Å². The average Bonchev–Trinajstić information content (AvgIpc) is 3.08. The highest BCUT2D eigenvalue weighted by molar-refractivity contribution is 5.91. The second kappa shape index (κ2) is 8.92. The molecule has 11 heteroatoms. The molecular formula is C20H24FN5O5. The van der Waals surface area contributed by atoms with Gasteiger partial charge < -0.3 is 20.9 Å². The van der Waals surface area contributed by atoms with Gasteiger partial charge >= 0.3 is 5.69 Å². The molecular weight excluding hydrogens is 409 g/mol. The summed E-state index contributed by atoms with van der Waals surface area (Å²) >= 11 is 0. The minimum Gasteiger partial charge on any atom is -0.394 e. The van der Waals surface area contributed by atoms with Gasteiger partial charge in [0.25, 0.3) is 0 Å². The highest BCUT2D eigenvalue weighted by Crippen LogP contribution is 2.36. The van der Waals surface area contributed by atoms with Crippen molar-refractivity contribution in [2.24, 2.45) is 11.7 Å². The van der Waals surface area contributed by atoms with Gasteiger partial charge in [-0.05, 0) is 12.0 Å². The van der Waals surface area contributed by atoms with Crippen LogP contribution in [0, 0.1) is 11.7 Å². The maximum Gasteiger partial charge on any atom is 0.353 e. The number of anilines is 1. The molecule has 0 unspecified atom stereocenters. The summed E-state index contributed by atoms with van der Waals surface area (Å²) < 4.78 is 20.2. The summed E-state index contributed by atoms with van der Waals surface area (Å²) in [5.74, 6) is -5.31. The molecule has 1 aliphatic heterocycles. The number of rotatable bonds is 7. The minimum atomic E-state index is -1.93. The number of aromatic nitrogens is 2. The first-order valence-corrected chi connectivity index (χ1v) is 9.62. The fraction of sp³-hybridized carbons (Fsp3) is 0.400. The van der Waals surface area contributed by atoms with E-state index in [0.717, 1.165) is 11.8 Å². The van der Waals surface area contributed by atoms with Crippen LogP contribution in [0.5, 0.6) is 0 Å². The van der Waals surface area contributed by atoms with E-state index < -0.39 is 59.5 Å². The highest BCUT2D eigenvalue weighted by Gasteiger charge is 2.50. The summed E-state index contributed by atoms with van der Waals surface area (Å²) in [5.41, 5.74) is 11.3. The first-order chi connectivity index (χ1) is 14.6. The number of ketones is 1. The van der Waals surface area contributed by atoms with Crippen LogP contribution in [0.3, 0.4) is 0 Å². The Hall–Kier alpha value is -3.15. The Morgan fingerprint density at radius 1 is 1.42 bits per heavy atom. The number of aliphatic hydroxyl groups is 1. The molecule has 0 spiro atoms. The molecule has 1 aromatic carbocycles. The summed E-state index contributed by atoms with van der Waals surface area (Å²) in [5, 5.41) is 12.4. The number of nitrogens with one attached hydrogen (secondary N) is 1. The summed E-state index contributed by atoms with van der Waals surface area (Å²) in [6.45, 7) is 0.711. The third-order valence-electron chi connectivity index (χ3n) is 5.18. The Bertz CT molecular complexity index is 1030. The van der Waals surface area contributed by atoms with E-state index in [0.29, 0.717) is 4.57 Å². The van der Waals surface area contributed by atoms with Crippen LogP contribution in [0.2, 0.25) is 0 Å². The number of carbonyl (C=O) groups excluding carboxylic acids is 2. The van der Waals surface area contributed by atoms with Gasteiger partial charge in [-0.2, -0.15) is 4.98 Å². The lowest BCUT2D eigenvalue weighted by molar-refractivity contribution is -0.133. The molecule has 1 fully saturated rings. The third-order valence-corrected chi connectivity index (χ3v) is 5.18. The Balaban J connectivity index is 1.91. The van der Waals surface area contributed by atoms with E-state index in [1.807, 2.05) is 18.2 Å².